The van der Waals surface area contributed by atoms with Crippen molar-refractivity contribution in [3.63, 3.8) is 0 Å². The van der Waals surface area contributed by atoms with Crippen molar-refractivity contribution in [3.05, 3.63) is 67.1 Å². The Morgan fingerprint density at radius 1 is 1.07 bits per heavy atom. The maximum atomic E-state index is 11.9. The third-order valence-corrected chi connectivity index (χ3v) is 6.06. The number of benzene rings is 2. The van der Waals surface area contributed by atoms with Crippen molar-refractivity contribution in [2.24, 2.45) is 0 Å². The molecular weight excluding hydrogens is 382 g/mol. The summed E-state index contributed by atoms with van der Waals surface area (Å²) in [6, 6.07) is 18.0. The first-order chi connectivity index (χ1) is 14.1. The molecule has 5 nitrogen and oxygen atoms in total. The fourth-order valence-electron chi connectivity index (χ4n) is 3.22. The molecule has 29 heavy (non-hydrogen) atoms. The fraction of sp³-hybridized carbons (Fsp3) is 0.174. The Hall–Kier alpha value is -3.12. The second-order valence-corrected chi connectivity index (χ2v) is 8.03. The van der Waals surface area contributed by atoms with Crippen LogP contribution >= 0.6 is 11.8 Å². The Labute approximate surface area is 173 Å². The standard InChI is InChI=1S/C23H21N3O2S/c1-15(27)16(2)29-23-21-18(17-9-5-4-6-10-17)13-26(22(21)24-14-25-23)19-11-7-8-12-20(19)28-3/h4-14,16H,1-3H3. The summed E-state index contributed by atoms with van der Waals surface area (Å²) in [7, 11) is 1.66. The van der Waals surface area contributed by atoms with Gasteiger partial charge in [0.1, 0.15) is 28.5 Å². The lowest BCUT2D eigenvalue weighted by Crippen LogP contribution is -2.08. The maximum absolute atomic E-state index is 11.9. The molecule has 0 amide bonds. The van der Waals surface area contributed by atoms with E-state index in [1.54, 1.807) is 20.4 Å². The van der Waals surface area contributed by atoms with Crippen LogP contribution in [0.1, 0.15) is 13.8 Å². The molecule has 2 heterocycles. The number of para-hydroxylation sites is 2. The van der Waals surface area contributed by atoms with Crippen molar-refractivity contribution < 1.29 is 9.53 Å². The number of hydrogen-bond donors (Lipinski definition) is 0. The lowest BCUT2D eigenvalue weighted by atomic mass is 10.1. The van der Waals surface area contributed by atoms with Crippen molar-refractivity contribution in [3.8, 4) is 22.6 Å². The monoisotopic (exact) mass is 403 g/mol. The quantitative estimate of drug-likeness (QED) is 0.328. The number of carbonyl (C=O) groups is 1. The highest BCUT2D eigenvalue weighted by molar-refractivity contribution is 8.00. The number of ether oxygens (including phenoxy) is 1. The lowest BCUT2D eigenvalue weighted by Gasteiger charge is -2.11. The normalized spacial score (nSPS) is 12.1. The van der Waals surface area contributed by atoms with Crippen molar-refractivity contribution in [2.75, 3.05) is 7.11 Å². The number of methoxy groups -OCH3 is 1. The van der Waals surface area contributed by atoms with Gasteiger partial charge in [0, 0.05) is 11.8 Å². The van der Waals surface area contributed by atoms with Crippen LogP contribution in [-0.2, 0) is 4.79 Å². The van der Waals surface area contributed by atoms with Gasteiger partial charge in [0.05, 0.1) is 23.4 Å². The summed E-state index contributed by atoms with van der Waals surface area (Å²) in [6.07, 6.45) is 3.62. The molecule has 0 spiro atoms. The van der Waals surface area contributed by atoms with Gasteiger partial charge >= 0.3 is 0 Å². The molecule has 0 saturated carbocycles. The molecule has 0 radical (unpaired) electrons. The highest BCUT2D eigenvalue weighted by atomic mass is 32.2. The SMILES string of the molecule is COc1ccccc1-n1cc(-c2ccccc2)c2c(SC(C)C(C)=O)ncnc21. The van der Waals surface area contributed by atoms with Crippen LogP contribution in [-0.4, -0.2) is 32.7 Å². The Kier molecular flexibility index (Phi) is 5.36. The molecule has 0 fully saturated rings. The largest absolute Gasteiger partial charge is 0.495 e. The van der Waals surface area contributed by atoms with Crippen molar-refractivity contribution in [1.29, 1.82) is 0 Å². The molecule has 0 aliphatic heterocycles. The molecule has 0 saturated heterocycles. The predicted molar refractivity (Wildman–Crippen MR) is 117 cm³/mol. The van der Waals surface area contributed by atoms with Gasteiger partial charge in [0.25, 0.3) is 0 Å². The number of thioether (sulfide) groups is 1. The fourth-order valence-corrected chi connectivity index (χ4v) is 4.15. The number of aromatic nitrogens is 3. The van der Waals surface area contributed by atoms with Crippen molar-refractivity contribution in [2.45, 2.75) is 24.1 Å². The van der Waals surface area contributed by atoms with Crippen LogP contribution in [0.2, 0.25) is 0 Å². The summed E-state index contributed by atoms with van der Waals surface area (Å²) in [5.41, 5.74) is 3.77. The summed E-state index contributed by atoms with van der Waals surface area (Å²) < 4.78 is 7.60. The second kappa shape index (κ2) is 8.09. The summed E-state index contributed by atoms with van der Waals surface area (Å²) in [4.78, 5) is 21.0. The van der Waals surface area contributed by atoms with E-state index in [0.717, 1.165) is 38.6 Å². The molecule has 0 bridgehead atoms. The number of fused-ring (bicyclic) bond motifs is 1. The highest BCUT2D eigenvalue weighted by Gasteiger charge is 2.21. The number of carbonyl (C=O) groups excluding carboxylic acids is 1. The van der Waals surface area contributed by atoms with Gasteiger partial charge in [0.2, 0.25) is 0 Å². The van der Waals surface area contributed by atoms with Crippen LogP contribution < -0.4 is 4.74 Å². The zero-order valence-electron chi connectivity index (χ0n) is 16.5. The van der Waals surface area contributed by atoms with E-state index in [9.17, 15) is 4.79 Å². The van der Waals surface area contributed by atoms with Crippen LogP contribution in [0.15, 0.2) is 72.1 Å². The minimum Gasteiger partial charge on any atom is -0.495 e. The minimum absolute atomic E-state index is 0.118. The van der Waals surface area contributed by atoms with Gasteiger partial charge in [-0.15, -0.1) is 0 Å². The Balaban J connectivity index is 2.01. The predicted octanol–water partition coefficient (Wildman–Crippen LogP) is 5.17. The molecule has 0 aliphatic rings. The van der Waals surface area contributed by atoms with Crippen molar-refractivity contribution >= 4 is 28.6 Å². The zero-order chi connectivity index (χ0) is 20.4. The highest BCUT2D eigenvalue weighted by Crippen LogP contribution is 2.39. The smallest absolute Gasteiger partial charge is 0.149 e. The first-order valence-electron chi connectivity index (χ1n) is 9.32. The van der Waals surface area contributed by atoms with Gasteiger partial charge in [0.15, 0.2) is 0 Å². The summed E-state index contributed by atoms with van der Waals surface area (Å²) in [5.74, 6) is 0.876. The van der Waals surface area contributed by atoms with Gasteiger partial charge < -0.3 is 4.74 Å². The van der Waals surface area contributed by atoms with Crippen LogP contribution in [0.4, 0.5) is 0 Å². The molecule has 2 aromatic heterocycles. The average Bonchev–Trinajstić information content (AvgIpc) is 3.15. The van der Waals surface area contributed by atoms with Crippen LogP contribution in [0.25, 0.3) is 27.8 Å². The number of ketones is 1. The Morgan fingerprint density at radius 2 is 1.79 bits per heavy atom. The van der Waals surface area contributed by atoms with E-state index < -0.39 is 0 Å². The molecular formula is C23H21N3O2S. The summed E-state index contributed by atoms with van der Waals surface area (Å²) in [5, 5.41) is 1.54. The van der Waals surface area contributed by atoms with E-state index in [2.05, 4.69) is 28.3 Å². The van der Waals surface area contributed by atoms with Gasteiger partial charge in [-0.05, 0) is 31.5 Å². The molecule has 1 atom stereocenters. The van der Waals surface area contributed by atoms with E-state index >= 15 is 0 Å². The first-order valence-corrected chi connectivity index (χ1v) is 10.2. The Morgan fingerprint density at radius 3 is 2.52 bits per heavy atom. The molecule has 4 rings (SSSR count). The molecule has 1 unspecified atom stereocenters. The van der Waals surface area contributed by atoms with Gasteiger partial charge in [-0.25, -0.2) is 9.97 Å². The number of rotatable bonds is 6. The van der Waals surface area contributed by atoms with E-state index in [1.807, 2.05) is 54.0 Å². The van der Waals surface area contributed by atoms with E-state index in [4.69, 9.17) is 4.74 Å². The third kappa shape index (κ3) is 3.63. The molecule has 0 N–H and O–H groups in total. The van der Waals surface area contributed by atoms with Gasteiger partial charge in [-0.1, -0.05) is 54.2 Å². The van der Waals surface area contributed by atoms with Crippen LogP contribution in [0, 0.1) is 0 Å². The zero-order valence-corrected chi connectivity index (χ0v) is 17.3. The van der Waals surface area contributed by atoms with Gasteiger partial charge in [-0.2, -0.15) is 0 Å². The van der Waals surface area contributed by atoms with Crippen molar-refractivity contribution in [1.82, 2.24) is 14.5 Å². The molecule has 146 valence electrons. The van der Waals surface area contributed by atoms with Gasteiger partial charge in [-0.3, -0.25) is 9.36 Å². The van der Waals surface area contributed by atoms with E-state index in [1.165, 1.54) is 11.8 Å². The lowest BCUT2D eigenvalue weighted by molar-refractivity contribution is -0.116. The molecule has 6 heteroatoms. The Bertz CT molecular complexity index is 1170. The summed E-state index contributed by atoms with van der Waals surface area (Å²) in [6.45, 7) is 3.51. The molecule has 0 aliphatic carbocycles. The maximum Gasteiger partial charge on any atom is 0.149 e. The number of hydrogen-bond acceptors (Lipinski definition) is 5. The third-order valence-electron chi connectivity index (χ3n) is 4.84. The first kappa shape index (κ1) is 19.2. The van der Waals surface area contributed by atoms with E-state index in [0.29, 0.717) is 0 Å². The van der Waals surface area contributed by atoms with Crippen LogP contribution in [0.3, 0.4) is 0 Å². The topological polar surface area (TPSA) is 57.0 Å². The van der Waals surface area contributed by atoms with E-state index in [-0.39, 0.29) is 11.0 Å². The number of Topliss-reactive ketones (excluding diaryl/α,β-unsaturated/α-hetero) is 1. The molecule has 4 aromatic rings. The molecule has 2 aromatic carbocycles. The second-order valence-electron chi connectivity index (χ2n) is 6.70. The number of nitrogens with zero attached hydrogens (tertiary/aromatic N) is 3. The minimum atomic E-state index is -0.189. The van der Waals surface area contributed by atoms with Crippen LogP contribution in [0.5, 0.6) is 5.75 Å². The average molecular weight is 404 g/mol. The summed E-state index contributed by atoms with van der Waals surface area (Å²) >= 11 is 1.46.